The van der Waals surface area contributed by atoms with Crippen molar-refractivity contribution in [3.05, 3.63) is 83.6 Å². The fourth-order valence-electron chi connectivity index (χ4n) is 2.73. The number of nitrogens with one attached hydrogen (secondary N) is 1. The van der Waals surface area contributed by atoms with E-state index in [1.807, 2.05) is 42.5 Å². The molecule has 0 bridgehead atoms. The third-order valence-corrected chi connectivity index (χ3v) is 4.22. The number of ether oxygens (including phenoxy) is 1. The Morgan fingerprint density at radius 2 is 1.77 bits per heavy atom. The summed E-state index contributed by atoms with van der Waals surface area (Å²) < 4.78 is 10.9. The third kappa shape index (κ3) is 4.41. The number of benzene rings is 2. The smallest absolute Gasteiger partial charge is 0.338 e. The van der Waals surface area contributed by atoms with Crippen LogP contribution in [0.4, 0.5) is 0 Å². The fraction of sp³-hybridized carbons (Fsp3) is 0.227. The van der Waals surface area contributed by atoms with Crippen LogP contribution < -0.4 is 5.32 Å². The second-order valence-electron chi connectivity index (χ2n) is 6.08. The largest absolute Gasteiger partial charge is 0.462 e. The monoisotopic (exact) mass is 349 g/mol. The molecule has 1 heterocycles. The summed E-state index contributed by atoms with van der Waals surface area (Å²) in [7, 11) is 0. The SMILES string of the molecule is CCOC(=O)c1ccc(-c2ccc(CN[C@@H](C)c3ccccc3)o2)cc1. The van der Waals surface area contributed by atoms with Gasteiger partial charge in [-0.2, -0.15) is 0 Å². The van der Waals surface area contributed by atoms with Crippen molar-refractivity contribution in [2.45, 2.75) is 26.4 Å². The van der Waals surface area contributed by atoms with E-state index in [-0.39, 0.29) is 12.0 Å². The summed E-state index contributed by atoms with van der Waals surface area (Å²) in [6.45, 7) is 4.95. The highest BCUT2D eigenvalue weighted by atomic mass is 16.5. The summed E-state index contributed by atoms with van der Waals surface area (Å²) >= 11 is 0. The Hall–Kier alpha value is -2.85. The van der Waals surface area contributed by atoms with Gasteiger partial charge in [-0.05, 0) is 43.7 Å². The molecule has 3 aromatic rings. The lowest BCUT2D eigenvalue weighted by Crippen LogP contribution is -2.17. The maximum absolute atomic E-state index is 11.7. The number of rotatable bonds is 7. The number of carbonyl (C=O) groups is 1. The molecule has 0 spiro atoms. The Labute approximate surface area is 153 Å². The molecule has 2 aromatic carbocycles. The number of hydrogen-bond acceptors (Lipinski definition) is 4. The summed E-state index contributed by atoms with van der Waals surface area (Å²) in [5.41, 5.74) is 2.72. The Kier molecular flexibility index (Phi) is 5.87. The maximum atomic E-state index is 11.7. The zero-order chi connectivity index (χ0) is 18.4. The molecule has 1 atom stereocenters. The molecule has 1 aromatic heterocycles. The first kappa shape index (κ1) is 18.0. The van der Waals surface area contributed by atoms with Crippen LogP contribution in [-0.4, -0.2) is 12.6 Å². The van der Waals surface area contributed by atoms with E-state index in [9.17, 15) is 4.79 Å². The van der Waals surface area contributed by atoms with Gasteiger partial charge in [-0.3, -0.25) is 0 Å². The zero-order valence-electron chi connectivity index (χ0n) is 15.1. The van der Waals surface area contributed by atoms with Gasteiger partial charge in [0, 0.05) is 11.6 Å². The molecule has 0 unspecified atom stereocenters. The van der Waals surface area contributed by atoms with E-state index in [4.69, 9.17) is 9.15 Å². The quantitative estimate of drug-likeness (QED) is 0.612. The lowest BCUT2D eigenvalue weighted by molar-refractivity contribution is 0.0526. The number of esters is 1. The summed E-state index contributed by atoms with van der Waals surface area (Å²) in [5.74, 6) is 1.35. The summed E-state index contributed by atoms with van der Waals surface area (Å²) in [4.78, 5) is 11.7. The molecule has 26 heavy (non-hydrogen) atoms. The predicted octanol–water partition coefficient (Wildman–Crippen LogP) is 4.97. The Bertz CT molecular complexity index is 837. The second-order valence-corrected chi connectivity index (χ2v) is 6.08. The molecule has 1 N–H and O–H groups in total. The lowest BCUT2D eigenvalue weighted by Gasteiger charge is -2.12. The Balaban J connectivity index is 1.61. The van der Waals surface area contributed by atoms with E-state index >= 15 is 0 Å². The molecule has 0 aliphatic heterocycles. The Morgan fingerprint density at radius 1 is 1.04 bits per heavy atom. The van der Waals surface area contributed by atoms with Crippen molar-refractivity contribution in [3.63, 3.8) is 0 Å². The normalized spacial score (nSPS) is 11.9. The minimum atomic E-state index is -0.307. The molecule has 3 rings (SSSR count). The molecule has 134 valence electrons. The highest BCUT2D eigenvalue weighted by molar-refractivity contribution is 5.89. The van der Waals surface area contributed by atoms with Gasteiger partial charge in [0.15, 0.2) is 0 Å². The van der Waals surface area contributed by atoms with Gasteiger partial charge in [0.25, 0.3) is 0 Å². The average molecular weight is 349 g/mol. The molecule has 0 saturated carbocycles. The zero-order valence-corrected chi connectivity index (χ0v) is 15.1. The van der Waals surface area contributed by atoms with E-state index in [0.29, 0.717) is 18.7 Å². The number of carbonyl (C=O) groups excluding carboxylic acids is 1. The molecular formula is C22H23NO3. The van der Waals surface area contributed by atoms with Gasteiger partial charge in [-0.15, -0.1) is 0 Å². The molecule has 0 fully saturated rings. The average Bonchev–Trinajstić information content (AvgIpc) is 3.16. The van der Waals surface area contributed by atoms with Crippen molar-refractivity contribution in [1.82, 2.24) is 5.32 Å². The third-order valence-electron chi connectivity index (χ3n) is 4.22. The van der Waals surface area contributed by atoms with Gasteiger partial charge >= 0.3 is 5.97 Å². The minimum Gasteiger partial charge on any atom is -0.462 e. The van der Waals surface area contributed by atoms with Gasteiger partial charge in [0.05, 0.1) is 18.7 Å². The first-order valence-electron chi connectivity index (χ1n) is 8.82. The second kappa shape index (κ2) is 8.50. The number of furan rings is 1. The Morgan fingerprint density at radius 3 is 2.46 bits per heavy atom. The van der Waals surface area contributed by atoms with Gasteiger partial charge in [0.2, 0.25) is 0 Å². The van der Waals surface area contributed by atoms with Crippen LogP contribution in [0.3, 0.4) is 0 Å². The molecule has 0 saturated heterocycles. The molecule has 0 radical (unpaired) electrons. The maximum Gasteiger partial charge on any atom is 0.338 e. The van der Waals surface area contributed by atoms with Crippen LogP contribution in [0.1, 0.15) is 41.6 Å². The highest BCUT2D eigenvalue weighted by Gasteiger charge is 2.10. The van der Waals surface area contributed by atoms with Gasteiger partial charge in [0.1, 0.15) is 11.5 Å². The van der Waals surface area contributed by atoms with Crippen LogP contribution >= 0.6 is 0 Å². The molecule has 0 aliphatic rings. The summed E-state index contributed by atoms with van der Waals surface area (Å²) in [5, 5.41) is 3.46. The first-order chi connectivity index (χ1) is 12.7. The van der Waals surface area contributed by atoms with Crippen LogP contribution in [0, 0.1) is 0 Å². The van der Waals surface area contributed by atoms with Gasteiger partial charge in [-0.25, -0.2) is 4.79 Å². The van der Waals surface area contributed by atoms with Crippen LogP contribution in [0.2, 0.25) is 0 Å². The summed E-state index contributed by atoms with van der Waals surface area (Å²) in [6.07, 6.45) is 0. The van der Waals surface area contributed by atoms with E-state index in [1.165, 1.54) is 5.56 Å². The van der Waals surface area contributed by atoms with Crippen molar-refractivity contribution in [1.29, 1.82) is 0 Å². The lowest BCUT2D eigenvalue weighted by atomic mass is 10.1. The molecule has 4 heteroatoms. The summed E-state index contributed by atoms with van der Waals surface area (Å²) in [6, 6.07) is 21.7. The van der Waals surface area contributed by atoms with Crippen molar-refractivity contribution in [2.24, 2.45) is 0 Å². The fourth-order valence-corrected chi connectivity index (χ4v) is 2.73. The van der Waals surface area contributed by atoms with Crippen molar-refractivity contribution in [2.75, 3.05) is 6.61 Å². The van der Waals surface area contributed by atoms with E-state index < -0.39 is 0 Å². The van der Waals surface area contributed by atoms with Gasteiger partial charge < -0.3 is 14.5 Å². The van der Waals surface area contributed by atoms with Crippen molar-refractivity contribution in [3.8, 4) is 11.3 Å². The van der Waals surface area contributed by atoms with Crippen LogP contribution in [0.25, 0.3) is 11.3 Å². The van der Waals surface area contributed by atoms with Crippen LogP contribution in [-0.2, 0) is 11.3 Å². The van der Waals surface area contributed by atoms with Crippen molar-refractivity contribution >= 4 is 5.97 Å². The van der Waals surface area contributed by atoms with E-state index in [2.05, 4.69) is 24.4 Å². The predicted molar refractivity (Wildman–Crippen MR) is 102 cm³/mol. The van der Waals surface area contributed by atoms with E-state index in [1.54, 1.807) is 19.1 Å². The van der Waals surface area contributed by atoms with Crippen molar-refractivity contribution < 1.29 is 13.9 Å². The molecule has 4 nitrogen and oxygen atoms in total. The van der Waals surface area contributed by atoms with Crippen LogP contribution in [0.15, 0.2) is 71.1 Å². The topological polar surface area (TPSA) is 51.5 Å². The highest BCUT2D eigenvalue weighted by Crippen LogP contribution is 2.23. The minimum absolute atomic E-state index is 0.244. The molecule has 0 aliphatic carbocycles. The number of hydrogen-bond donors (Lipinski definition) is 1. The standard InChI is InChI=1S/C22H23NO3/c1-3-25-22(24)19-11-9-18(10-12-19)21-14-13-20(26-21)15-23-16(2)17-7-5-4-6-8-17/h4-14,16,23H,3,15H2,1-2H3/t16-/m0/s1. The van der Waals surface area contributed by atoms with Gasteiger partial charge in [-0.1, -0.05) is 42.5 Å². The molecular weight excluding hydrogens is 326 g/mol. The first-order valence-corrected chi connectivity index (χ1v) is 8.82. The van der Waals surface area contributed by atoms with Crippen LogP contribution in [0.5, 0.6) is 0 Å². The van der Waals surface area contributed by atoms with E-state index in [0.717, 1.165) is 17.1 Å². The molecule has 0 amide bonds.